The molecule has 1 heterocycles. The summed E-state index contributed by atoms with van der Waals surface area (Å²) in [4.78, 5) is 1.34. The molecule has 0 aromatic carbocycles. The number of hydrogen-bond acceptors (Lipinski definition) is 2. The molecule has 0 fully saturated rings. The minimum absolute atomic E-state index is 0.213. The maximum Gasteiger partial charge on any atom is 0.401 e. The van der Waals surface area contributed by atoms with E-state index in [4.69, 9.17) is 0 Å². The van der Waals surface area contributed by atoms with Crippen LogP contribution in [0.25, 0.3) is 0 Å². The average Bonchev–Trinajstić information content (AvgIpc) is 2.64. The Morgan fingerprint density at radius 3 is 2.56 bits per heavy atom. The van der Waals surface area contributed by atoms with Gasteiger partial charge in [-0.3, -0.25) is 9.58 Å². The van der Waals surface area contributed by atoms with E-state index in [1.54, 1.807) is 16.9 Å². The van der Waals surface area contributed by atoms with Crippen molar-refractivity contribution in [3.8, 4) is 0 Å². The van der Waals surface area contributed by atoms with Crippen LogP contribution < -0.4 is 0 Å². The predicted octanol–water partition coefficient (Wildman–Crippen LogP) is 3.22. The standard InChI is InChI=1S/C11H17BrF3N3/c1-9(2)18-5-3-10(16-18)7-17(6-4-12)8-11(13,14)15/h3,5,9H,4,6-8H2,1-2H3. The molecule has 7 heteroatoms. The highest BCUT2D eigenvalue weighted by Crippen LogP contribution is 2.18. The van der Waals surface area contributed by atoms with Gasteiger partial charge in [0.05, 0.1) is 12.2 Å². The van der Waals surface area contributed by atoms with Gasteiger partial charge < -0.3 is 0 Å². The molecule has 0 amide bonds. The van der Waals surface area contributed by atoms with Gasteiger partial charge >= 0.3 is 6.18 Å². The van der Waals surface area contributed by atoms with Gasteiger partial charge in [0.15, 0.2) is 0 Å². The smallest absolute Gasteiger partial charge is 0.288 e. The molecule has 0 unspecified atom stereocenters. The Hall–Kier alpha value is -0.560. The number of rotatable bonds is 6. The van der Waals surface area contributed by atoms with Crippen LogP contribution in [-0.2, 0) is 6.54 Å². The first-order valence-corrected chi connectivity index (χ1v) is 6.83. The highest BCUT2D eigenvalue weighted by atomic mass is 79.9. The minimum atomic E-state index is -4.18. The largest absolute Gasteiger partial charge is 0.401 e. The molecule has 1 aromatic rings. The molecule has 0 aliphatic heterocycles. The maximum atomic E-state index is 12.4. The van der Waals surface area contributed by atoms with E-state index in [-0.39, 0.29) is 12.6 Å². The lowest BCUT2D eigenvalue weighted by molar-refractivity contribution is -0.146. The summed E-state index contributed by atoms with van der Waals surface area (Å²) in [5, 5.41) is 4.76. The molecule has 1 aromatic heterocycles. The molecule has 0 saturated heterocycles. The van der Waals surface area contributed by atoms with Crippen molar-refractivity contribution in [2.24, 2.45) is 0 Å². The zero-order valence-corrected chi connectivity index (χ0v) is 12.0. The topological polar surface area (TPSA) is 21.1 Å². The summed E-state index contributed by atoms with van der Waals surface area (Å²) >= 11 is 3.16. The van der Waals surface area contributed by atoms with Gasteiger partial charge in [-0.15, -0.1) is 0 Å². The van der Waals surface area contributed by atoms with E-state index in [2.05, 4.69) is 21.0 Å². The van der Waals surface area contributed by atoms with Crippen molar-refractivity contribution in [3.63, 3.8) is 0 Å². The van der Waals surface area contributed by atoms with Gasteiger partial charge in [-0.25, -0.2) is 0 Å². The van der Waals surface area contributed by atoms with E-state index in [1.807, 2.05) is 13.8 Å². The molecule has 3 nitrogen and oxygen atoms in total. The number of alkyl halides is 4. The Morgan fingerprint density at radius 1 is 1.44 bits per heavy atom. The summed E-state index contributed by atoms with van der Waals surface area (Å²) in [6.45, 7) is 3.59. The second kappa shape index (κ2) is 6.56. The van der Waals surface area contributed by atoms with Crippen molar-refractivity contribution in [1.29, 1.82) is 0 Å². The molecule has 0 aliphatic carbocycles. The van der Waals surface area contributed by atoms with Crippen molar-refractivity contribution in [1.82, 2.24) is 14.7 Å². The number of halogens is 4. The quantitative estimate of drug-likeness (QED) is 0.748. The van der Waals surface area contributed by atoms with Crippen LogP contribution in [0.15, 0.2) is 12.3 Å². The maximum absolute atomic E-state index is 12.4. The fourth-order valence-corrected chi connectivity index (χ4v) is 2.07. The van der Waals surface area contributed by atoms with Gasteiger partial charge in [0.1, 0.15) is 0 Å². The van der Waals surface area contributed by atoms with Crippen LogP contribution in [0.3, 0.4) is 0 Å². The summed E-state index contributed by atoms with van der Waals surface area (Å²) in [6, 6.07) is 1.98. The molecule has 0 N–H and O–H groups in total. The van der Waals surface area contributed by atoms with Crippen LogP contribution in [0.2, 0.25) is 0 Å². The third-order valence-electron chi connectivity index (χ3n) is 2.38. The summed E-state index contributed by atoms with van der Waals surface area (Å²) in [6.07, 6.45) is -2.39. The summed E-state index contributed by atoms with van der Waals surface area (Å²) in [5.41, 5.74) is 0.661. The molecular formula is C11H17BrF3N3. The van der Waals surface area contributed by atoms with E-state index in [0.29, 0.717) is 17.6 Å². The van der Waals surface area contributed by atoms with Crippen molar-refractivity contribution >= 4 is 15.9 Å². The molecule has 1 rings (SSSR count). The second-order valence-electron chi connectivity index (χ2n) is 4.40. The van der Waals surface area contributed by atoms with Crippen LogP contribution in [0.5, 0.6) is 0 Å². The monoisotopic (exact) mass is 327 g/mol. The first-order chi connectivity index (χ1) is 8.31. The predicted molar refractivity (Wildman–Crippen MR) is 67.7 cm³/mol. The van der Waals surface area contributed by atoms with Crippen LogP contribution >= 0.6 is 15.9 Å². The zero-order valence-electron chi connectivity index (χ0n) is 10.4. The zero-order chi connectivity index (χ0) is 13.8. The highest BCUT2D eigenvalue weighted by Gasteiger charge is 2.30. The summed E-state index contributed by atoms with van der Waals surface area (Å²) in [5.74, 6) is 0. The molecule has 0 atom stereocenters. The molecular weight excluding hydrogens is 311 g/mol. The lowest BCUT2D eigenvalue weighted by Gasteiger charge is -2.21. The van der Waals surface area contributed by atoms with Gasteiger partial charge in [0, 0.05) is 30.7 Å². The third kappa shape index (κ3) is 5.39. The molecule has 0 bridgehead atoms. The molecule has 0 aliphatic rings. The van der Waals surface area contributed by atoms with Gasteiger partial charge in [-0.05, 0) is 19.9 Å². The SMILES string of the molecule is CC(C)n1ccc(CN(CCBr)CC(F)(F)F)n1. The Labute approximate surface area is 113 Å². The van der Waals surface area contributed by atoms with Gasteiger partial charge in [0.2, 0.25) is 0 Å². The lowest BCUT2D eigenvalue weighted by atomic mass is 10.3. The van der Waals surface area contributed by atoms with Crippen molar-refractivity contribution < 1.29 is 13.2 Å². The Bertz CT molecular complexity index is 363. The Kier molecular flexibility index (Phi) is 5.65. The third-order valence-corrected chi connectivity index (χ3v) is 2.74. The number of hydrogen-bond donors (Lipinski definition) is 0. The van der Waals surface area contributed by atoms with Crippen LogP contribution in [0.4, 0.5) is 13.2 Å². The first kappa shape index (κ1) is 15.5. The van der Waals surface area contributed by atoms with Crippen molar-refractivity contribution in [2.75, 3.05) is 18.4 Å². The van der Waals surface area contributed by atoms with Crippen molar-refractivity contribution in [2.45, 2.75) is 32.6 Å². The highest BCUT2D eigenvalue weighted by molar-refractivity contribution is 9.09. The van der Waals surface area contributed by atoms with E-state index in [9.17, 15) is 13.2 Å². The second-order valence-corrected chi connectivity index (χ2v) is 5.19. The molecule has 0 saturated carbocycles. The molecule has 0 radical (unpaired) electrons. The van der Waals surface area contributed by atoms with Gasteiger partial charge in [-0.1, -0.05) is 15.9 Å². The van der Waals surface area contributed by atoms with Crippen LogP contribution in [0.1, 0.15) is 25.6 Å². The van der Waals surface area contributed by atoms with E-state index < -0.39 is 12.7 Å². The molecule has 104 valence electrons. The lowest BCUT2D eigenvalue weighted by Crippen LogP contribution is -2.35. The van der Waals surface area contributed by atoms with Gasteiger partial charge in [-0.2, -0.15) is 18.3 Å². The minimum Gasteiger partial charge on any atom is -0.288 e. The molecule has 0 spiro atoms. The average molecular weight is 328 g/mol. The van der Waals surface area contributed by atoms with E-state index >= 15 is 0 Å². The summed E-state index contributed by atoms with van der Waals surface area (Å²) < 4.78 is 38.9. The normalized spacial score (nSPS) is 12.7. The first-order valence-electron chi connectivity index (χ1n) is 5.71. The van der Waals surface area contributed by atoms with Crippen molar-refractivity contribution in [3.05, 3.63) is 18.0 Å². The van der Waals surface area contributed by atoms with E-state index in [0.717, 1.165) is 0 Å². The Morgan fingerprint density at radius 2 is 2.11 bits per heavy atom. The van der Waals surface area contributed by atoms with E-state index in [1.165, 1.54) is 4.90 Å². The van der Waals surface area contributed by atoms with Crippen LogP contribution in [0, 0.1) is 0 Å². The Balaban J connectivity index is 2.64. The van der Waals surface area contributed by atoms with Gasteiger partial charge in [0.25, 0.3) is 0 Å². The number of aromatic nitrogens is 2. The van der Waals surface area contributed by atoms with Crippen LogP contribution in [-0.4, -0.2) is 39.3 Å². The fourth-order valence-electron chi connectivity index (χ4n) is 1.57. The summed E-state index contributed by atoms with van der Waals surface area (Å²) in [7, 11) is 0. The number of nitrogens with zero attached hydrogens (tertiary/aromatic N) is 3. The molecule has 18 heavy (non-hydrogen) atoms. The fraction of sp³-hybridized carbons (Fsp3) is 0.727.